The molecule has 1 aromatic heterocycles. The van der Waals surface area contributed by atoms with Crippen molar-refractivity contribution in [2.45, 2.75) is 38.3 Å². The topological polar surface area (TPSA) is 59.2 Å². The predicted molar refractivity (Wildman–Crippen MR) is 84.1 cm³/mol. The standard InChI is InChI=1S/C17H21N3O/c1-12(18)16-8-4-5-11-20(16)17(21)14-9-10-19-15-7-3-2-6-13(14)15/h2-3,6-7,9-10,12,16H,4-5,8,11,18H2,1H3. The molecule has 0 saturated carbocycles. The van der Waals surface area contributed by atoms with E-state index in [4.69, 9.17) is 5.73 Å². The highest BCUT2D eigenvalue weighted by Gasteiger charge is 2.30. The molecule has 0 spiro atoms. The van der Waals surface area contributed by atoms with E-state index >= 15 is 0 Å². The van der Waals surface area contributed by atoms with Crippen LogP contribution in [0.3, 0.4) is 0 Å². The van der Waals surface area contributed by atoms with Gasteiger partial charge in [0.1, 0.15) is 0 Å². The van der Waals surface area contributed by atoms with Gasteiger partial charge in [-0.3, -0.25) is 9.78 Å². The first-order valence-electron chi connectivity index (χ1n) is 7.59. The van der Waals surface area contributed by atoms with Gasteiger partial charge in [-0.05, 0) is 38.3 Å². The van der Waals surface area contributed by atoms with Gasteiger partial charge in [-0.2, -0.15) is 0 Å². The fraction of sp³-hybridized carbons (Fsp3) is 0.412. The molecule has 1 fully saturated rings. The number of nitrogens with zero attached hydrogens (tertiary/aromatic N) is 2. The first kappa shape index (κ1) is 14.0. The molecule has 1 amide bonds. The van der Waals surface area contributed by atoms with Gasteiger partial charge in [-0.25, -0.2) is 0 Å². The molecule has 0 radical (unpaired) electrons. The number of carbonyl (C=O) groups excluding carboxylic acids is 1. The molecule has 1 aromatic carbocycles. The van der Waals surface area contributed by atoms with E-state index in [1.165, 1.54) is 0 Å². The molecule has 1 aliphatic heterocycles. The second kappa shape index (κ2) is 5.82. The number of para-hydroxylation sites is 1. The van der Waals surface area contributed by atoms with Gasteiger partial charge in [0.15, 0.2) is 0 Å². The zero-order valence-electron chi connectivity index (χ0n) is 12.3. The van der Waals surface area contributed by atoms with Crippen molar-refractivity contribution in [2.75, 3.05) is 6.54 Å². The molecule has 4 heteroatoms. The summed E-state index contributed by atoms with van der Waals surface area (Å²) in [5.41, 5.74) is 7.67. The Morgan fingerprint density at radius 2 is 2.14 bits per heavy atom. The average Bonchev–Trinajstić information content (AvgIpc) is 2.53. The van der Waals surface area contributed by atoms with Crippen molar-refractivity contribution in [1.82, 2.24) is 9.88 Å². The van der Waals surface area contributed by atoms with E-state index in [2.05, 4.69) is 4.98 Å². The number of piperidine rings is 1. The lowest BCUT2D eigenvalue weighted by Crippen LogP contribution is -2.51. The highest BCUT2D eigenvalue weighted by Crippen LogP contribution is 2.24. The number of benzene rings is 1. The molecule has 2 atom stereocenters. The van der Waals surface area contributed by atoms with Gasteiger partial charge in [0.05, 0.1) is 11.1 Å². The Morgan fingerprint density at radius 1 is 1.33 bits per heavy atom. The maximum atomic E-state index is 13.0. The summed E-state index contributed by atoms with van der Waals surface area (Å²) in [5.74, 6) is 0.0793. The number of amides is 1. The lowest BCUT2D eigenvalue weighted by Gasteiger charge is -2.38. The third-order valence-electron chi connectivity index (χ3n) is 4.30. The van der Waals surface area contributed by atoms with Crippen molar-refractivity contribution in [2.24, 2.45) is 5.73 Å². The van der Waals surface area contributed by atoms with Crippen LogP contribution in [0.25, 0.3) is 10.9 Å². The third kappa shape index (κ3) is 2.63. The van der Waals surface area contributed by atoms with Crippen LogP contribution in [-0.2, 0) is 0 Å². The number of nitrogens with two attached hydrogens (primary N) is 1. The fourth-order valence-corrected chi connectivity index (χ4v) is 3.19. The summed E-state index contributed by atoms with van der Waals surface area (Å²) in [5, 5.41) is 0.916. The highest BCUT2D eigenvalue weighted by atomic mass is 16.2. The van der Waals surface area contributed by atoms with Gasteiger partial charge in [0.2, 0.25) is 0 Å². The summed E-state index contributed by atoms with van der Waals surface area (Å²) in [4.78, 5) is 19.3. The number of fused-ring (bicyclic) bond motifs is 1. The number of carbonyl (C=O) groups is 1. The lowest BCUT2D eigenvalue weighted by atomic mass is 9.95. The molecular formula is C17H21N3O. The van der Waals surface area contributed by atoms with Crippen LogP contribution < -0.4 is 5.73 Å². The number of likely N-dealkylation sites (tertiary alicyclic amines) is 1. The predicted octanol–water partition coefficient (Wildman–Crippen LogP) is 2.58. The van der Waals surface area contributed by atoms with Crippen molar-refractivity contribution in [1.29, 1.82) is 0 Å². The molecule has 1 aliphatic rings. The van der Waals surface area contributed by atoms with E-state index in [9.17, 15) is 4.79 Å². The van der Waals surface area contributed by atoms with Gasteiger partial charge in [0, 0.05) is 30.2 Å². The van der Waals surface area contributed by atoms with E-state index in [1.807, 2.05) is 42.2 Å². The smallest absolute Gasteiger partial charge is 0.254 e. The molecule has 1 saturated heterocycles. The van der Waals surface area contributed by atoms with Gasteiger partial charge in [-0.1, -0.05) is 18.2 Å². The van der Waals surface area contributed by atoms with Crippen molar-refractivity contribution >= 4 is 16.8 Å². The molecule has 0 aliphatic carbocycles. The Labute approximate surface area is 125 Å². The van der Waals surface area contributed by atoms with Crippen LogP contribution in [0, 0.1) is 0 Å². The highest BCUT2D eigenvalue weighted by molar-refractivity contribution is 6.06. The summed E-state index contributed by atoms with van der Waals surface area (Å²) in [6.45, 7) is 2.78. The summed E-state index contributed by atoms with van der Waals surface area (Å²) in [7, 11) is 0. The van der Waals surface area contributed by atoms with Crippen LogP contribution in [-0.4, -0.2) is 34.4 Å². The quantitative estimate of drug-likeness (QED) is 0.921. The number of pyridine rings is 1. The van der Waals surface area contributed by atoms with Crippen LogP contribution in [0.2, 0.25) is 0 Å². The average molecular weight is 283 g/mol. The molecule has 2 N–H and O–H groups in total. The van der Waals surface area contributed by atoms with E-state index in [0.29, 0.717) is 0 Å². The second-order valence-electron chi connectivity index (χ2n) is 5.80. The van der Waals surface area contributed by atoms with Crippen molar-refractivity contribution < 1.29 is 4.79 Å². The number of rotatable bonds is 2. The molecule has 3 rings (SSSR count). The van der Waals surface area contributed by atoms with Crippen LogP contribution >= 0.6 is 0 Å². The zero-order valence-corrected chi connectivity index (χ0v) is 12.3. The van der Waals surface area contributed by atoms with Crippen molar-refractivity contribution in [3.05, 3.63) is 42.1 Å². The number of aromatic nitrogens is 1. The molecule has 110 valence electrons. The van der Waals surface area contributed by atoms with E-state index in [0.717, 1.165) is 42.3 Å². The largest absolute Gasteiger partial charge is 0.334 e. The minimum Gasteiger partial charge on any atom is -0.334 e. The van der Waals surface area contributed by atoms with Gasteiger partial charge < -0.3 is 10.6 Å². The molecule has 21 heavy (non-hydrogen) atoms. The Hall–Kier alpha value is -1.94. The summed E-state index contributed by atoms with van der Waals surface area (Å²) in [6, 6.07) is 9.74. The fourth-order valence-electron chi connectivity index (χ4n) is 3.19. The molecule has 0 bridgehead atoms. The van der Waals surface area contributed by atoms with E-state index < -0.39 is 0 Å². The normalized spacial score (nSPS) is 20.5. The van der Waals surface area contributed by atoms with Crippen molar-refractivity contribution in [3.8, 4) is 0 Å². The van der Waals surface area contributed by atoms with Crippen LogP contribution in [0.1, 0.15) is 36.5 Å². The Balaban J connectivity index is 1.99. The van der Waals surface area contributed by atoms with Crippen LogP contribution in [0.5, 0.6) is 0 Å². The molecular weight excluding hydrogens is 262 g/mol. The van der Waals surface area contributed by atoms with Gasteiger partial charge >= 0.3 is 0 Å². The summed E-state index contributed by atoms with van der Waals surface area (Å²) in [6.07, 6.45) is 4.90. The number of hydrogen-bond acceptors (Lipinski definition) is 3. The SMILES string of the molecule is CC(N)C1CCCCN1C(=O)c1ccnc2ccccc12. The molecule has 2 heterocycles. The number of hydrogen-bond donors (Lipinski definition) is 1. The van der Waals surface area contributed by atoms with Gasteiger partial charge in [-0.15, -0.1) is 0 Å². The molecule has 2 unspecified atom stereocenters. The Bertz CT molecular complexity index is 648. The monoisotopic (exact) mass is 283 g/mol. The zero-order chi connectivity index (χ0) is 14.8. The van der Waals surface area contributed by atoms with Crippen molar-refractivity contribution in [3.63, 3.8) is 0 Å². The Morgan fingerprint density at radius 3 is 2.95 bits per heavy atom. The van der Waals surface area contributed by atoms with E-state index in [-0.39, 0.29) is 18.0 Å². The van der Waals surface area contributed by atoms with Crippen LogP contribution in [0.4, 0.5) is 0 Å². The van der Waals surface area contributed by atoms with E-state index in [1.54, 1.807) is 6.20 Å². The molecule has 2 aromatic rings. The minimum atomic E-state index is 0.00218. The second-order valence-corrected chi connectivity index (χ2v) is 5.80. The minimum absolute atomic E-state index is 0.00218. The first-order chi connectivity index (χ1) is 10.2. The summed E-state index contributed by atoms with van der Waals surface area (Å²) >= 11 is 0. The van der Waals surface area contributed by atoms with Crippen LogP contribution in [0.15, 0.2) is 36.5 Å². The summed E-state index contributed by atoms with van der Waals surface area (Å²) < 4.78 is 0. The maximum Gasteiger partial charge on any atom is 0.254 e. The van der Waals surface area contributed by atoms with Gasteiger partial charge in [0.25, 0.3) is 5.91 Å². The molecule has 4 nitrogen and oxygen atoms in total. The first-order valence-corrected chi connectivity index (χ1v) is 7.59. The third-order valence-corrected chi connectivity index (χ3v) is 4.30. The lowest BCUT2D eigenvalue weighted by molar-refractivity contribution is 0.0586. The Kier molecular flexibility index (Phi) is 3.88. The maximum absolute atomic E-state index is 13.0.